The van der Waals surface area contributed by atoms with Crippen molar-refractivity contribution >= 4 is 0 Å². The minimum atomic E-state index is 0.138. The zero-order valence-electron chi connectivity index (χ0n) is 12.5. The Labute approximate surface area is 112 Å². The Kier molecular flexibility index (Phi) is 4.35. The van der Waals surface area contributed by atoms with E-state index in [2.05, 4.69) is 32.6 Å². The van der Waals surface area contributed by atoms with Crippen LogP contribution in [0.15, 0.2) is 0 Å². The smallest absolute Gasteiger partial charge is 0.0645 e. The van der Waals surface area contributed by atoms with Crippen LogP contribution >= 0.6 is 0 Å². The highest BCUT2D eigenvalue weighted by Gasteiger charge is 2.41. The molecule has 1 aliphatic heterocycles. The van der Waals surface area contributed by atoms with E-state index in [1.54, 1.807) is 0 Å². The zero-order valence-corrected chi connectivity index (χ0v) is 12.5. The van der Waals surface area contributed by atoms with Crippen molar-refractivity contribution in [2.45, 2.75) is 64.6 Å². The van der Waals surface area contributed by atoms with E-state index in [-0.39, 0.29) is 5.54 Å². The fourth-order valence-corrected chi connectivity index (χ4v) is 3.65. The van der Waals surface area contributed by atoms with Crippen LogP contribution in [0.4, 0.5) is 0 Å². The second-order valence-corrected chi connectivity index (χ2v) is 7.11. The van der Waals surface area contributed by atoms with Gasteiger partial charge in [0, 0.05) is 24.2 Å². The number of hydrogen-bond acceptors (Lipinski definition) is 3. The van der Waals surface area contributed by atoms with E-state index in [1.165, 1.54) is 19.3 Å². The lowest BCUT2D eigenvalue weighted by atomic mass is 9.75. The van der Waals surface area contributed by atoms with E-state index >= 15 is 0 Å². The van der Waals surface area contributed by atoms with Crippen LogP contribution in [0.3, 0.4) is 0 Å². The van der Waals surface area contributed by atoms with Crippen molar-refractivity contribution in [3.05, 3.63) is 0 Å². The van der Waals surface area contributed by atoms with E-state index in [1.807, 2.05) is 0 Å². The molecule has 1 heterocycles. The van der Waals surface area contributed by atoms with Crippen LogP contribution in [0.25, 0.3) is 0 Å². The third-order valence-corrected chi connectivity index (χ3v) is 4.96. The number of rotatable bonds is 2. The largest absolute Gasteiger partial charge is 0.378 e. The molecule has 0 bridgehead atoms. The molecular formula is C15H30N2O. The maximum absolute atomic E-state index is 6.41. The first-order valence-electron chi connectivity index (χ1n) is 7.52. The summed E-state index contributed by atoms with van der Waals surface area (Å²) in [6.07, 6.45) is 3.75. The molecule has 0 amide bonds. The molecular weight excluding hydrogens is 224 g/mol. The van der Waals surface area contributed by atoms with Crippen molar-refractivity contribution in [1.29, 1.82) is 0 Å². The number of nitrogens with two attached hydrogens (primary N) is 1. The highest BCUT2D eigenvalue weighted by atomic mass is 16.5. The number of nitrogens with zero attached hydrogens (tertiary/aromatic N) is 1. The molecule has 106 valence electrons. The summed E-state index contributed by atoms with van der Waals surface area (Å²) in [4.78, 5) is 2.62. The predicted octanol–water partition coefficient (Wildman–Crippen LogP) is 2.25. The lowest BCUT2D eigenvalue weighted by Gasteiger charge is -2.51. The molecule has 0 aromatic rings. The van der Waals surface area contributed by atoms with E-state index < -0.39 is 0 Å². The Hall–Kier alpha value is -0.120. The molecule has 0 aromatic carbocycles. The first-order chi connectivity index (χ1) is 8.42. The van der Waals surface area contributed by atoms with E-state index in [9.17, 15) is 0 Å². The van der Waals surface area contributed by atoms with Gasteiger partial charge in [-0.3, -0.25) is 4.90 Å². The molecule has 1 saturated heterocycles. The fraction of sp³-hybridized carbons (Fsp3) is 1.00. The van der Waals surface area contributed by atoms with Crippen molar-refractivity contribution < 1.29 is 4.74 Å². The molecule has 3 heteroatoms. The highest BCUT2D eigenvalue weighted by molar-refractivity contribution is 4.97. The SMILES string of the molecule is CC(C)C1CCC(N)C(N2CCOCC2(C)C)C1. The molecule has 0 radical (unpaired) electrons. The summed E-state index contributed by atoms with van der Waals surface area (Å²) < 4.78 is 5.63. The molecule has 0 spiro atoms. The summed E-state index contributed by atoms with van der Waals surface area (Å²) in [5.41, 5.74) is 6.55. The van der Waals surface area contributed by atoms with Gasteiger partial charge in [-0.25, -0.2) is 0 Å². The van der Waals surface area contributed by atoms with E-state index in [0.717, 1.165) is 31.6 Å². The minimum Gasteiger partial charge on any atom is -0.378 e. The Bertz CT molecular complexity index is 278. The maximum Gasteiger partial charge on any atom is 0.0645 e. The Morgan fingerprint density at radius 3 is 2.61 bits per heavy atom. The molecule has 3 unspecified atom stereocenters. The fourth-order valence-electron chi connectivity index (χ4n) is 3.65. The van der Waals surface area contributed by atoms with E-state index in [0.29, 0.717) is 12.1 Å². The molecule has 2 N–H and O–H groups in total. The predicted molar refractivity (Wildman–Crippen MR) is 75.5 cm³/mol. The summed E-state index contributed by atoms with van der Waals surface area (Å²) in [6.45, 7) is 12.0. The second kappa shape index (κ2) is 5.48. The molecule has 1 saturated carbocycles. The van der Waals surface area contributed by atoms with Crippen molar-refractivity contribution in [2.75, 3.05) is 19.8 Å². The van der Waals surface area contributed by atoms with Gasteiger partial charge in [-0.1, -0.05) is 13.8 Å². The molecule has 3 nitrogen and oxygen atoms in total. The molecule has 2 aliphatic rings. The van der Waals surface area contributed by atoms with Crippen LogP contribution in [-0.2, 0) is 4.74 Å². The zero-order chi connectivity index (χ0) is 13.3. The Balaban J connectivity index is 2.09. The summed E-state index contributed by atoms with van der Waals surface area (Å²) in [6, 6.07) is 0.891. The van der Waals surface area contributed by atoms with Gasteiger partial charge in [-0.2, -0.15) is 0 Å². The molecule has 18 heavy (non-hydrogen) atoms. The highest BCUT2D eigenvalue weighted by Crippen LogP contribution is 2.35. The second-order valence-electron chi connectivity index (χ2n) is 7.11. The summed E-state index contributed by atoms with van der Waals surface area (Å²) in [7, 11) is 0. The standard InChI is InChI=1S/C15H30N2O/c1-11(2)12-5-6-13(16)14(9-12)17-7-8-18-10-15(17,3)4/h11-14H,5-10,16H2,1-4H3. The van der Waals surface area contributed by atoms with Crippen molar-refractivity contribution in [2.24, 2.45) is 17.6 Å². The Morgan fingerprint density at radius 1 is 1.28 bits per heavy atom. The average molecular weight is 254 g/mol. The lowest BCUT2D eigenvalue weighted by Crippen LogP contribution is -2.63. The lowest BCUT2D eigenvalue weighted by molar-refractivity contribution is -0.0871. The van der Waals surface area contributed by atoms with Crippen molar-refractivity contribution in [3.63, 3.8) is 0 Å². The van der Waals surface area contributed by atoms with Crippen LogP contribution in [-0.4, -0.2) is 42.3 Å². The van der Waals surface area contributed by atoms with Crippen LogP contribution in [0.2, 0.25) is 0 Å². The molecule has 2 rings (SSSR count). The van der Waals surface area contributed by atoms with Gasteiger partial charge in [-0.05, 0) is 44.9 Å². The third-order valence-electron chi connectivity index (χ3n) is 4.96. The first-order valence-corrected chi connectivity index (χ1v) is 7.52. The van der Waals surface area contributed by atoms with Gasteiger partial charge in [-0.15, -0.1) is 0 Å². The third kappa shape index (κ3) is 2.89. The van der Waals surface area contributed by atoms with Gasteiger partial charge < -0.3 is 10.5 Å². The van der Waals surface area contributed by atoms with Crippen LogP contribution < -0.4 is 5.73 Å². The molecule has 0 aromatic heterocycles. The molecule has 1 aliphatic carbocycles. The average Bonchev–Trinajstić information content (AvgIpc) is 2.29. The summed E-state index contributed by atoms with van der Waals surface area (Å²) in [5.74, 6) is 1.62. The van der Waals surface area contributed by atoms with Gasteiger partial charge >= 0.3 is 0 Å². The topological polar surface area (TPSA) is 38.5 Å². The minimum absolute atomic E-state index is 0.138. The normalized spacial score (nSPS) is 38.0. The van der Waals surface area contributed by atoms with Crippen molar-refractivity contribution in [3.8, 4) is 0 Å². The Morgan fingerprint density at radius 2 is 2.00 bits per heavy atom. The number of morpholine rings is 1. The van der Waals surface area contributed by atoms with Crippen LogP contribution in [0.5, 0.6) is 0 Å². The number of hydrogen-bond donors (Lipinski definition) is 1. The van der Waals surface area contributed by atoms with Gasteiger partial charge in [0.15, 0.2) is 0 Å². The van der Waals surface area contributed by atoms with Crippen LogP contribution in [0.1, 0.15) is 47.0 Å². The van der Waals surface area contributed by atoms with Crippen molar-refractivity contribution in [1.82, 2.24) is 4.90 Å². The van der Waals surface area contributed by atoms with Gasteiger partial charge in [0.1, 0.15) is 0 Å². The molecule has 3 atom stereocenters. The van der Waals surface area contributed by atoms with Gasteiger partial charge in [0.25, 0.3) is 0 Å². The monoisotopic (exact) mass is 254 g/mol. The van der Waals surface area contributed by atoms with Gasteiger partial charge in [0.05, 0.1) is 13.2 Å². The van der Waals surface area contributed by atoms with Crippen LogP contribution in [0, 0.1) is 11.8 Å². The van der Waals surface area contributed by atoms with E-state index in [4.69, 9.17) is 10.5 Å². The summed E-state index contributed by atoms with van der Waals surface area (Å²) >= 11 is 0. The number of ether oxygens (including phenoxy) is 1. The maximum atomic E-state index is 6.41. The summed E-state index contributed by atoms with van der Waals surface area (Å²) in [5, 5.41) is 0. The van der Waals surface area contributed by atoms with Gasteiger partial charge in [0.2, 0.25) is 0 Å². The molecule has 2 fully saturated rings. The quantitative estimate of drug-likeness (QED) is 0.821. The first kappa shape index (κ1) is 14.3.